The smallest absolute Gasteiger partial charge is 0.314 e. The van der Waals surface area contributed by atoms with Gasteiger partial charge in [0, 0.05) is 11.8 Å². The molecule has 106 valence electrons. The van der Waals surface area contributed by atoms with Crippen molar-refractivity contribution >= 4 is 28.9 Å². The molecule has 0 saturated heterocycles. The molecule has 0 radical (unpaired) electrons. The Balaban J connectivity index is 2.08. The number of carbonyl (C=O) groups is 2. The van der Waals surface area contributed by atoms with Crippen LogP contribution < -0.4 is 10.6 Å². The van der Waals surface area contributed by atoms with Gasteiger partial charge in [-0.3, -0.25) is 19.7 Å². The van der Waals surface area contributed by atoms with E-state index in [2.05, 4.69) is 10.6 Å². The van der Waals surface area contributed by atoms with Gasteiger partial charge in [-0.15, -0.1) is 0 Å². The van der Waals surface area contributed by atoms with Crippen molar-refractivity contribution in [3.63, 3.8) is 0 Å². The average molecular weight is 285 g/mol. The largest absolute Gasteiger partial charge is 0.318 e. The van der Waals surface area contributed by atoms with E-state index in [9.17, 15) is 19.7 Å². The molecule has 7 heteroatoms. The van der Waals surface area contributed by atoms with E-state index in [1.165, 1.54) is 24.3 Å². The Kier molecular flexibility index (Phi) is 4.25. The van der Waals surface area contributed by atoms with Crippen LogP contribution in [0.3, 0.4) is 0 Å². The predicted octanol–water partition coefficient (Wildman–Crippen LogP) is 2.17. The Morgan fingerprint density at radius 3 is 2.10 bits per heavy atom. The van der Waals surface area contributed by atoms with Crippen LogP contribution in [0.1, 0.15) is 0 Å². The van der Waals surface area contributed by atoms with Gasteiger partial charge in [-0.2, -0.15) is 0 Å². The third-order valence-corrected chi connectivity index (χ3v) is 2.59. The Labute approximate surface area is 119 Å². The molecule has 0 aromatic heterocycles. The number of hydrogen-bond acceptors (Lipinski definition) is 4. The summed E-state index contributed by atoms with van der Waals surface area (Å²) in [5, 5.41) is 15.4. The molecule has 0 saturated carbocycles. The van der Waals surface area contributed by atoms with Gasteiger partial charge >= 0.3 is 11.8 Å². The van der Waals surface area contributed by atoms with Crippen LogP contribution in [-0.2, 0) is 9.59 Å². The molecule has 2 aromatic rings. The summed E-state index contributed by atoms with van der Waals surface area (Å²) in [6.45, 7) is 0. The van der Waals surface area contributed by atoms with E-state index < -0.39 is 16.7 Å². The highest BCUT2D eigenvalue weighted by Crippen LogP contribution is 2.23. The number of nitro groups is 1. The molecule has 2 N–H and O–H groups in total. The molecule has 0 aliphatic rings. The number of benzene rings is 2. The molecule has 7 nitrogen and oxygen atoms in total. The minimum atomic E-state index is -0.979. The maximum Gasteiger partial charge on any atom is 0.314 e. The zero-order chi connectivity index (χ0) is 15.2. The molecule has 21 heavy (non-hydrogen) atoms. The highest BCUT2D eigenvalue weighted by molar-refractivity contribution is 6.43. The third-order valence-electron chi connectivity index (χ3n) is 2.59. The lowest BCUT2D eigenvalue weighted by Gasteiger charge is -2.06. The summed E-state index contributed by atoms with van der Waals surface area (Å²) in [6.07, 6.45) is 0. The Hall–Kier alpha value is -3.22. The molecule has 0 aliphatic heterocycles. The van der Waals surface area contributed by atoms with Crippen LogP contribution in [0.25, 0.3) is 0 Å². The fourth-order valence-electron chi connectivity index (χ4n) is 1.63. The van der Waals surface area contributed by atoms with Crippen LogP contribution in [0.5, 0.6) is 0 Å². The summed E-state index contributed by atoms with van der Waals surface area (Å²) in [6, 6.07) is 14.0. The molecular formula is C14H11N3O4. The molecule has 0 atom stereocenters. The number of anilines is 2. The van der Waals surface area contributed by atoms with Crippen molar-refractivity contribution in [2.24, 2.45) is 0 Å². The number of nitro benzene ring substituents is 1. The first-order chi connectivity index (χ1) is 10.1. The van der Waals surface area contributed by atoms with Gasteiger partial charge in [0.2, 0.25) is 0 Å². The van der Waals surface area contributed by atoms with Crippen LogP contribution in [0.15, 0.2) is 54.6 Å². The van der Waals surface area contributed by atoms with Gasteiger partial charge in [0.1, 0.15) is 5.69 Å². The zero-order valence-corrected chi connectivity index (χ0v) is 10.8. The Bertz CT molecular complexity index is 686. The number of para-hydroxylation sites is 3. The molecular weight excluding hydrogens is 274 g/mol. The first-order valence-electron chi connectivity index (χ1n) is 5.99. The second-order valence-corrected chi connectivity index (χ2v) is 4.05. The molecule has 0 spiro atoms. The molecule has 2 amide bonds. The van der Waals surface area contributed by atoms with Crippen LogP contribution in [0, 0.1) is 10.1 Å². The highest BCUT2D eigenvalue weighted by atomic mass is 16.6. The van der Waals surface area contributed by atoms with Gasteiger partial charge in [0.05, 0.1) is 4.92 Å². The van der Waals surface area contributed by atoms with Crippen molar-refractivity contribution in [3.05, 3.63) is 64.7 Å². The quantitative estimate of drug-likeness (QED) is 0.512. The van der Waals surface area contributed by atoms with Crippen molar-refractivity contribution in [2.45, 2.75) is 0 Å². The highest BCUT2D eigenvalue weighted by Gasteiger charge is 2.19. The summed E-state index contributed by atoms with van der Waals surface area (Å²) in [7, 11) is 0. The number of rotatable bonds is 3. The van der Waals surface area contributed by atoms with Gasteiger partial charge in [-0.05, 0) is 18.2 Å². The van der Waals surface area contributed by atoms with Gasteiger partial charge in [-0.1, -0.05) is 30.3 Å². The van der Waals surface area contributed by atoms with Gasteiger partial charge in [0.15, 0.2) is 0 Å². The minimum absolute atomic E-state index is 0.0317. The lowest BCUT2D eigenvalue weighted by atomic mass is 10.2. The van der Waals surface area contributed by atoms with Crippen LogP contribution in [0.2, 0.25) is 0 Å². The van der Waals surface area contributed by atoms with E-state index >= 15 is 0 Å². The summed E-state index contributed by atoms with van der Waals surface area (Å²) in [4.78, 5) is 33.6. The molecule has 0 unspecified atom stereocenters. The number of nitrogens with zero attached hydrogens (tertiary/aromatic N) is 1. The van der Waals surface area contributed by atoms with E-state index in [4.69, 9.17) is 0 Å². The van der Waals surface area contributed by atoms with Crippen molar-refractivity contribution in [3.8, 4) is 0 Å². The summed E-state index contributed by atoms with van der Waals surface area (Å²) in [5.41, 5.74) is 0.147. The summed E-state index contributed by atoms with van der Waals surface area (Å²) in [5.74, 6) is -1.88. The normalized spacial score (nSPS) is 9.71. The van der Waals surface area contributed by atoms with Gasteiger partial charge in [-0.25, -0.2) is 0 Å². The Morgan fingerprint density at radius 1 is 0.857 bits per heavy atom. The van der Waals surface area contributed by atoms with E-state index in [0.29, 0.717) is 5.69 Å². The van der Waals surface area contributed by atoms with Gasteiger partial charge < -0.3 is 10.6 Å². The zero-order valence-electron chi connectivity index (χ0n) is 10.8. The number of amides is 2. The van der Waals surface area contributed by atoms with Crippen LogP contribution >= 0.6 is 0 Å². The number of nitrogens with one attached hydrogen (secondary N) is 2. The Morgan fingerprint density at radius 2 is 1.43 bits per heavy atom. The van der Waals surface area contributed by atoms with Crippen molar-refractivity contribution in [1.82, 2.24) is 0 Å². The van der Waals surface area contributed by atoms with Crippen LogP contribution in [-0.4, -0.2) is 16.7 Å². The monoisotopic (exact) mass is 285 g/mol. The maximum absolute atomic E-state index is 11.7. The number of hydrogen-bond donors (Lipinski definition) is 2. The fourth-order valence-corrected chi connectivity index (χ4v) is 1.63. The summed E-state index contributed by atoms with van der Waals surface area (Å²) >= 11 is 0. The van der Waals surface area contributed by atoms with Crippen molar-refractivity contribution in [2.75, 3.05) is 10.6 Å². The first kappa shape index (κ1) is 14.2. The second kappa shape index (κ2) is 6.29. The molecule has 0 fully saturated rings. The predicted molar refractivity (Wildman–Crippen MR) is 76.8 cm³/mol. The molecule has 2 aromatic carbocycles. The summed E-state index contributed by atoms with van der Waals surface area (Å²) < 4.78 is 0. The molecule has 0 aliphatic carbocycles. The topological polar surface area (TPSA) is 101 Å². The maximum atomic E-state index is 11.7. The second-order valence-electron chi connectivity index (χ2n) is 4.05. The van der Waals surface area contributed by atoms with E-state index in [1.54, 1.807) is 30.3 Å². The SMILES string of the molecule is O=C(Nc1ccccc1)C(=O)Nc1ccccc1[N+](=O)[O-]. The first-order valence-corrected chi connectivity index (χ1v) is 5.99. The molecule has 0 heterocycles. The standard InChI is InChI=1S/C14H11N3O4/c18-13(15-10-6-2-1-3-7-10)14(19)16-11-8-4-5-9-12(11)17(20)21/h1-9H,(H,15,18)(H,16,19). The van der Waals surface area contributed by atoms with Crippen LogP contribution in [0.4, 0.5) is 17.1 Å². The van der Waals surface area contributed by atoms with Gasteiger partial charge in [0.25, 0.3) is 5.69 Å². The van der Waals surface area contributed by atoms with Crippen molar-refractivity contribution < 1.29 is 14.5 Å². The minimum Gasteiger partial charge on any atom is -0.318 e. The number of carbonyl (C=O) groups excluding carboxylic acids is 2. The average Bonchev–Trinajstić information content (AvgIpc) is 2.48. The van der Waals surface area contributed by atoms with E-state index in [1.807, 2.05) is 0 Å². The molecule has 2 rings (SSSR count). The van der Waals surface area contributed by atoms with E-state index in [0.717, 1.165) is 0 Å². The van der Waals surface area contributed by atoms with Crippen molar-refractivity contribution in [1.29, 1.82) is 0 Å². The third kappa shape index (κ3) is 3.63. The lowest BCUT2D eigenvalue weighted by molar-refractivity contribution is -0.383. The lowest BCUT2D eigenvalue weighted by Crippen LogP contribution is -2.29. The fraction of sp³-hybridized carbons (Fsp3) is 0. The molecule has 0 bridgehead atoms. The van der Waals surface area contributed by atoms with E-state index in [-0.39, 0.29) is 11.4 Å².